The van der Waals surface area contributed by atoms with Crippen LogP contribution in [0.25, 0.3) is 0 Å². The first kappa shape index (κ1) is 19.9. The van der Waals surface area contributed by atoms with Crippen molar-refractivity contribution in [3.05, 3.63) is 65.5 Å². The Hall–Kier alpha value is -2.89. The van der Waals surface area contributed by atoms with Crippen LogP contribution in [0, 0.1) is 5.82 Å². The molecule has 0 saturated carbocycles. The van der Waals surface area contributed by atoms with E-state index < -0.39 is 0 Å². The number of carbonyl (C=O) groups excluding carboxylic acids is 2. The van der Waals surface area contributed by atoms with Crippen molar-refractivity contribution in [2.45, 2.75) is 26.3 Å². The van der Waals surface area contributed by atoms with Gasteiger partial charge in [-0.15, -0.1) is 0 Å². The molecular weight excluding hydrogens is 357 g/mol. The van der Waals surface area contributed by atoms with Gasteiger partial charge < -0.3 is 15.1 Å². The first-order valence-electron chi connectivity index (χ1n) is 9.69. The number of nitrogens with zero attached hydrogens (tertiary/aromatic N) is 2. The average Bonchev–Trinajstić information content (AvgIpc) is 2.73. The molecule has 2 aromatic carbocycles. The number of anilines is 1. The van der Waals surface area contributed by atoms with E-state index in [9.17, 15) is 14.0 Å². The molecule has 28 heavy (non-hydrogen) atoms. The molecule has 1 unspecified atom stereocenters. The van der Waals surface area contributed by atoms with Crippen molar-refractivity contribution >= 4 is 17.5 Å². The molecule has 3 rings (SSSR count). The van der Waals surface area contributed by atoms with Crippen LogP contribution in [0.3, 0.4) is 0 Å². The summed E-state index contributed by atoms with van der Waals surface area (Å²) in [5.74, 6) is -0.526. The fourth-order valence-corrected chi connectivity index (χ4v) is 3.24. The van der Waals surface area contributed by atoms with Gasteiger partial charge in [-0.3, -0.25) is 9.59 Å². The molecule has 1 aliphatic rings. The topological polar surface area (TPSA) is 52.7 Å². The van der Waals surface area contributed by atoms with E-state index in [-0.39, 0.29) is 23.7 Å². The molecule has 0 bridgehead atoms. The molecule has 1 heterocycles. The molecule has 1 atom stereocenters. The Kier molecular flexibility index (Phi) is 6.29. The summed E-state index contributed by atoms with van der Waals surface area (Å²) in [4.78, 5) is 28.9. The van der Waals surface area contributed by atoms with Gasteiger partial charge in [0, 0.05) is 43.3 Å². The lowest BCUT2D eigenvalue weighted by Gasteiger charge is -2.36. The molecule has 6 heteroatoms. The second-order valence-electron chi connectivity index (χ2n) is 7.09. The number of para-hydroxylation sites is 1. The van der Waals surface area contributed by atoms with Crippen molar-refractivity contribution in [3.8, 4) is 0 Å². The van der Waals surface area contributed by atoms with Crippen molar-refractivity contribution in [2.24, 2.45) is 0 Å². The van der Waals surface area contributed by atoms with E-state index in [1.54, 1.807) is 41.3 Å². The number of amides is 2. The molecule has 0 aromatic heterocycles. The lowest BCUT2D eigenvalue weighted by Crippen LogP contribution is -2.49. The molecule has 1 N–H and O–H groups in total. The second kappa shape index (κ2) is 8.87. The lowest BCUT2D eigenvalue weighted by molar-refractivity contribution is 0.0746. The predicted octanol–water partition coefficient (Wildman–Crippen LogP) is 3.32. The number of nitrogens with one attached hydrogen (secondary N) is 1. The highest BCUT2D eigenvalue weighted by Crippen LogP contribution is 2.21. The molecule has 0 spiro atoms. The second-order valence-corrected chi connectivity index (χ2v) is 7.09. The van der Waals surface area contributed by atoms with Crippen LogP contribution in [0.5, 0.6) is 0 Å². The van der Waals surface area contributed by atoms with Crippen LogP contribution in [0.2, 0.25) is 0 Å². The van der Waals surface area contributed by atoms with E-state index in [1.807, 2.05) is 24.8 Å². The van der Waals surface area contributed by atoms with E-state index in [1.165, 1.54) is 6.07 Å². The van der Waals surface area contributed by atoms with Crippen molar-refractivity contribution in [3.63, 3.8) is 0 Å². The van der Waals surface area contributed by atoms with E-state index >= 15 is 0 Å². The van der Waals surface area contributed by atoms with Crippen LogP contribution >= 0.6 is 0 Å². The number of carbonyl (C=O) groups is 2. The van der Waals surface area contributed by atoms with Gasteiger partial charge in [0.15, 0.2) is 0 Å². The number of hydrogen-bond donors (Lipinski definition) is 1. The third-order valence-electron chi connectivity index (χ3n) is 5.12. The van der Waals surface area contributed by atoms with Gasteiger partial charge in [0.1, 0.15) is 5.82 Å². The zero-order chi connectivity index (χ0) is 20.1. The average molecular weight is 383 g/mol. The third kappa shape index (κ3) is 4.50. The van der Waals surface area contributed by atoms with E-state index in [0.717, 1.165) is 6.42 Å². The molecule has 1 fully saturated rings. The fraction of sp³-hybridized carbons (Fsp3) is 0.364. The maximum absolute atomic E-state index is 14.0. The summed E-state index contributed by atoms with van der Waals surface area (Å²) in [5, 5.41) is 2.91. The first-order chi connectivity index (χ1) is 13.5. The Morgan fingerprint density at radius 1 is 1.04 bits per heavy atom. The maximum atomic E-state index is 14.0. The van der Waals surface area contributed by atoms with Crippen molar-refractivity contribution in [1.29, 1.82) is 0 Å². The highest BCUT2D eigenvalue weighted by Gasteiger charge is 2.24. The number of piperazine rings is 1. The van der Waals surface area contributed by atoms with Gasteiger partial charge in [0.25, 0.3) is 11.8 Å². The van der Waals surface area contributed by atoms with Crippen molar-refractivity contribution < 1.29 is 14.0 Å². The lowest BCUT2D eigenvalue weighted by atomic mass is 10.1. The van der Waals surface area contributed by atoms with E-state index in [2.05, 4.69) is 5.32 Å². The molecule has 1 saturated heterocycles. The predicted molar refractivity (Wildman–Crippen MR) is 108 cm³/mol. The molecule has 2 amide bonds. The first-order valence-corrected chi connectivity index (χ1v) is 9.69. The van der Waals surface area contributed by atoms with Crippen LogP contribution < -0.4 is 10.2 Å². The Morgan fingerprint density at radius 2 is 1.71 bits per heavy atom. The number of rotatable bonds is 5. The number of halogens is 1. The summed E-state index contributed by atoms with van der Waals surface area (Å²) >= 11 is 0. The zero-order valence-electron chi connectivity index (χ0n) is 16.3. The zero-order valence-corrected chi connectivity index (χ0v) is 16.3. The SMILES string of the molecule is CCC(C)NC(=O)c1cccc(C(=O)N2CCN(c3ccccc3F)CC2)c1. The van der Waals surface area contributed by atoms with Crippen LogP contribution in [0.15, 0.2) is 48.5 Å². The smallest absolute Gasteiger partial charge is 0.253 e. The summed E-state index contributed by atoms with van der Waals surface area (Å²) in [6, 6.07) is 13.6. The minimum Gasteiger partial charge on any atom is -0.366 e. The van der Waals surface area contributed by atoms with Gasteiger partial charge >= 0.3 is 0 Å². The summed E-state index contributed by atoms with van der Waals surface area (Å²) < 4.78 is 14.0. The van der Waals surface area contributed by atoms with Gasteiger partial charge in [-0.05, 0) is 43.7 Å². The summed E-state index contributed by atoms with van der Waals surface area (Å²) in [6.07, 6.45) is 0.844. The summed E-state index contributed by atoms with van der Waals surface area (Å²) in [7, 11) is 0. The minimum absolute atomic E-state index is 0.0818. The molecule has 2 aromatic rings. The van der Waals surface area contributed by atoms with Gasteiger partial charge in [0.2, 0.25) is 0 Å². The monoisotopic (exact) mass is 383 g/mol. The quantitative estimate of drug-likeness (QED) is 0.862. The third-order valence-corrected chi connectivity index (χ3v) is 5.12. The number of hydrogen-bond acceptors (Lipinski definition) is 3. The molecule has 0 aliphatic carbocycles. The van der Waals surface area contributed by atoms with Gasteiger partial charge in [-0.2, -0.15) is 0 Å². The summed E-state index contributed by atoms with van der Waals surface area (Å²) in [6.45, 7) is 6.11. The summed E-state index contributed by atoms with van der Waals surface area (Å²) in [5.41, 5.74) is 1.55. The van der Waals surface area contributed by atoms with E-state index in [0.29, 0.717) is 43.0 Å². The fourth-order valence-electron chi connectivity index (χ4n) is 3.24. The Bertz CT molecular complexity index is 847. The van der Waals surface area contributed by atoms with Crippen LogP contribution in [0.1, 0.15) is 41.0 Å². The van der Waals surface area contributed by atoms with Gasteiger partial charge in [0.05, 0.1) is 5.69 Å². The largest absolute Gasteiger partial charge is 0.366 e. The standard InChI is InChI=1S/C22H26FN3O2/c1-3-16(2)24-21(27)17-7-6-8-18(15-17)22(28)26-13-11-25(12-14-26)20-10-5-4-9-19(20)23/h4-10,15-16H,3,11-14H2,1-2H3,(H,24,27). The maximum Gasteiger partial charge on any atom is 0.253 e. The molecule has 148 valence electrons. The van der Waals surface area contributed by atoms with Gasteiger partial charge in [-0.1, -0.05) is 25.1 Å². The Labute approximate surface area is 165 Å². The Morgan fingerprint density at radius 3 is 2.39 bits per heavy atom. The molecule has 5 nitrogen and oxygen atoms in total. The number of benzene rings is 2. The molecule has 1 aliphatic heterocycles. The van der Waals surface area contributed by atoms with Crippen LogP contribution in [0.4, 0.5) is 10.1 Å². The van der Waals surface area contributed by atoms with Crippen molar-refractivity contribution in [2.75, 3.05) is 31.1 Å². The minimum atomic E-state index is -0.248. The molecular formula is C22H26FN3O2. The van der Waals surface area contributed by atoms with Crippen LogP contribution in [-0.4, -0.2) is 48.9 Å². The Balaban J connectivity index is 1.65. The van der Waals surface area contributed by atoms with Crippen LogP contribution in [-0.2, 0) is 0 Å². The van der Waals surface area contributed by atoms with E-state index in [4.69, 9.17) is 0 Å². The molecule has 0 radical (unpaired) electrons. The highest BCUT2D eigenvalue weighted by molar-refractivity contribution is 5.99. The van der Waals surface area contributed by atoms with Gasteiger partial charge in [-0.25, -0.2) is 4.39 Å². The van der Waals surface area contributed by atoms with Crippen molar-refractivity contribution in [1.82, 2.24) is 10.2 Å². The highest BCUT2D eigenvalue weighted by atomic mass is 19.1. The normalized spacial score (nSPS) is 15.2.